The quantitative estimate of drug-likeness (QED) is 0.346. The van der Waals surface area contributed by atoms with Crippen LogP contribution in [0.1, 0.15) is 22.4 Å². The second-order valence-corrected chi connectivity index (χ2v) is 9.18. The zero-order chi connectivity index (χ0) is 20.8. The average Bonchev–Trinajstić information content (AvgIpc) is 3.34. The molecule has 2 aromatic carbocycles. The van der Waals surface area contributed by atoms with E-state index in [1.54, 1.807) is 11.3 Å². The monoisotopic (exact) mass is 422 g/mol. The standard InChI is InChI=1S/C26H22N4S/c1-17-8-9-24-20(13-17)21(19-5-2-3-6-23(19)28-24)16-30-11-10-22-18(15-30)14-27-26(29-22)25-7-4-12-31-25/h2-9,12-14H,10-11,15-16H2,1H3. The van der Waals surface area contributed by atoms with Crippen LogP contribution < -0.4 is 0 Å². The lowest BCUT2D eigenvalue weighted by molar-refractivity contribution is 0.244. The van der Waals surface area contributed by atoms with Gasteiger partial charge in [0.2, 0.25) is 0 Å². The van der Waals surface area contributed by atoms with Gasteiger partial charge in [-0.1, -0.05) is 35.9 Å². The average molecular weight is 423 g/mol. The normalized spacial score (nSPS) is 14.2. The Labute approximate surface area is 185 Å². The second kappa shape index (κ2) is 7.52. The fourth-order valence-electron chi connectivity index (χ4n) is 4.52. The summed E-state index contributed by atoms with van der Waals surface area (Å²) >= 11 is 1.69. The van der Waals surface area contributed by atoms with Crippen molar-refractivity contribution >= 4 is 33.1 Å². The van der Waals surface area contributed by atoms with E-state index in [2.05, 4.69) is 76.8 Å². The third-order valence-electron chi connectivity index (χ3n) is 6.08. The van der Waals surface area contributed by atoms with Gasteiger partial charge in [-0.05, 0) is 42.1 Å². The van der Waals surface area contributed by atoms with Crippen molar-refractivity contribution in [2.75, 3.05) is 6.54 Å². The Morgan fingerprint density at radius 1 is 0.968 bits per heavy atom. The molecular weight excluding hydrogens is 400 g/mol. The van der Waals surface area contributed by atoms with Gasteiger partial charge < -0.3 is 0 Å². The van der Waals surface area contributed by atoms with E-state index in [-0.39, 0.29) is 0 Å². The molecule has 0 spiro atoms. The molecule has 1 aliphatic heterocycles. The summed E-state index contributed by atoms with van der Waals surface area (Å²) in [5.41, 5.74) is 7.20. The van der Waals surface area contributed by atoms with E-state index in [4.69, 9.17) is 9.97 Å². The maximum atomic E-state index is 4.91. The minimum absolute atomic E-state index is 0.851. The van der Waals surface area contributed by atoms with Crippen LogP contribution in [0.5, 0.6) is 0 Å². The summed E-state index contributed by atoms with van der Waals surface area (Å²) in [5.74, 6) is 0.851. The van der Waals surface area contributed by atoms with E-state index in [9.17, 15) is 0 Å². The second-order valence-electron chi connectivity index (χ2n) is 8.23. The van der Waals surface area contributed by atoms with Crippen molar-refractivity contribution in [3.8, 4) is 10.7 Å². The van der Waals surface area contributed by atoms with Gasteiger partial charge >= 0.3 is 0 Å². The number of fused-ring (bicyclic) bond motifs is 3. The number of aryl methyl sites for hydroxylation is 1. The molecule has 0 saturated heterocycles. The van der Waals surface area contributed by atoms with Crippen molar-refractivity contribution in [2.24, 2.45) is 0 Å². The summed E-state index contributed by atoms with van der Waals surface area (Å²) in [4.78, 5) is 18.1. The topological polar surface area (TPSA) is 41.9 Å². The molecule has 3 aromatic heterocycles. The molecule has 0 fully saturated rings. The molecule has 1 aliphatic rings. The Morgan fingerprint density at radius 3 is 2.77 bits per heavy atom. The van der Waals surface area contributed by atoms with Crippen LogP contribution in [-0.2, 0) is 19.5 Å². The summed E-state index contributed by atoms with van der Waals surface area (Å²) in [6.45, 7) is 4.93. The number of para-hydroxylation sites is 1. The van der Waals surface area contributed by atoms with Gasteiger partial charge in [0.05, 0.1) is 21.6 Å². The number of nitrogens with zero attached hydrogens (tertiary/aromatic N) is 4. The Morgan fingerprint density at radius 2 is 1.87 bits per heavy atom. The maximum Gasteiger partial charge on any atom is 0.169 e. The van der Waals surface area contributed by atoms with Gasteiger partial charge in [0.25, 0.3) is 0 Å². The Hall–Kier alpha value is -3.15. The Bertz CT molecular complexity index is 1410. The lowest BCUT2D eigenvalue weighted by atomic mass is 9.99. The molecule has 5 heteroatoms. The summed E-state index contributed by atoms with van der Waals surface area (Å²) in [5, 5.41) is 4.58. The van der Waals surface area contributed by atoms with Crippen molar-refractivity contribution in [3.05, 3.63) is 88.6 Å². The number of thiophene rings is 1. The molecule has 6 rings (SSSR count). The number of hydrogen-bond donors (Lipinski definition) is 0. The first-order valence-corrected chi connectivity index (χ1v) is 11.5. The lowest BCUT2D eigenvalue weighted by Crippen LogP contribution is -2.31. The molecule has 0 radical (unpaired) electrons. The molecule has 5 aromatic rings. The van der Waals surface area contributed by atoms with Crippen LogP contribution in [-0.4, -0.2) is 26.4 Å². The van der Waals surface area contributed by atoms with Crippen LogP contribution in [0.25, 0.3) is 32.5 Å². The molecule has 0 atom stereocenters. The zero-order valence-electron chi connectivity index (χ0n) is 17.4. The molecule has 0 unspecified atom stereocenters. The van der Waals surface area contributed by atoms with Crippen molar-refractivity contribution in [1.82, 2.24) is 19.9 Å². The molecule has 0 saturated carbocycles. The summed E-state index contributed by atoms with van der Waals surface area (Å²) in [6, 6.07) is 19.2. The van der Waals surface area contributed by atoms with Gasteiger partial charge in [-0.2, -0.15) is 0 Å². The highest BCUT2D eigenvalue weighted by molar-refractivity contribution is 7.13. The van der Waals surface area contributed by atoms with Crippen LogP contribution in [0.3, 0.4) is 0 Å². The molecule has 152 valence electrons. The van der Waals surface area contributed by atoms with Crippen LogP contribution in [0, 0.1) is 6.92 Å². The third-order valence-corrected chi connectivity index (χ3v) is 6.95. The van der Waals surface area contributed by atoms with Crippen molar-refractivity contribution in [2.45, 2.75) is 26.4 Å². The summed E-state index contributed by atoms with van der Waals surface area (Å²) < 4.78 is 0. The predicted molar refractivity (Wildman–Crippen MR) is 127 cm³/mol. The fourth-order valence-corrected chi connectivity index (χ4v) is 5.18. The Kier molecular flexibility index (Phi) is 4.51. The maximum absolute atomic E-state index is 4.91. The largest absolute Gasteiger partial charge is 0.294 e. The van der Waals surface area contributed by atoms with Gasteiger partial charge in [0.1, 0.15) is 0 Å². The van der Waals surface area contributed by atoms with Crippen molar-refractivity contribution < 1.29 is 0 Å². The number of pyridine rings is 1. The van der Waals surface area contributed by atoms with Crippen molar-refractivity contribution in [3.63, 3.8) is 0 Å². The van der Waals surface area contributed by atoms with E-state index in [1.807, 2.05) is 6.20 Å². The summed E-state index contributed by atoms with van der Waals surface area (Å²) in [6.07, 6.45) is 2.98. The molecule has 0 bridgehead atoms. The van der Waals surface area contributed by atoms with Gasteiger partial charge in [-0.25, -0.2) is 15.0 Å². The van der Waals surface area contributed by atoms with Gasteiger partial charge in [0, 0.05) is 48.6 Å². The van der Waals surface area contributed by atoms with E-state index < -0.39 is 0 Å². The zero-order valence-corrected chi connectivity index (χ0v) is 18.2. The molecule has 0 amide bonds. The number of hydrogen-bond acceptors (Lipinski definition) is 5. The Balaban J connectivity index is 1.36. The van der Waals surface area contributed by atoms with Crippen molar-refractivity contribution in [1.29, 1.82) is 0 Å². The first kappa shape index (κ1) is 18.6. The summed E-state index contributed by atoms with van der Waals surface area (Å²) in [7, 11) is 0. The first-order chi connectivity index (χ1) is 15.2. The molecule has 4 heterocycles. The van der Waals surface area contributed by atoms with E-state index in [0.29, 0.717) is 0 Å². The van der Waals surface area contributed by atoms with Crippen LogP contribution >= 0.6 is 11.3 Å². The fraction of sp³-hybridized carbons (Fsp3) is 0.192. The molecule has 0 aliphatic carbocycles. The first-order valence-electron chi connectivity index (χ1n) is 10.6. The minimum atomic E-state index is 0.851. The predicted octanol–water partition coefficient (Wildman–Crippen LogP) is 5.77. The van der Waals surface area contributed by atoms with E-state index >= 15 is 0 Å². The molecule has 4 nitrogen and oxygen atoms in total. The van der Waals surface area contributed by atoms with E-state index in [1.165, 1.54) is 33.2 Å². The lowest BCUT2D eigenvalue weighted by Gasteiger charge is -2.29. The van der Waals surface area contributed by atoms with Gasteiger partial charge in [0.15, 0.2) is 5.82 Å². The molecule has 31 heavy (non-hydrogen) atoms. The number of rotatable bonds is 3. The van der Waals surface area contributed by atoms with Crippen LogP contribution in [0.2, 0.25) is 0 Å². The highest BCUT2D eigenvalue weighted by Crippen LogP contribution is 2.30. The van der Waals surface area contributed by atoms with Crippen LogP contribution in [0.4, 0.5) is 0 Å². The highest BCUT2D eigenvalue weighted by Gasteiger charge is 2.21. The SMILES string of the molecule is Cc1ccc2nc3ccccc3c(CN3CCc4nc(-c5cccs5)ncc4C3)c2c1. The smallest absolute Gasteiger partial charge is 0.169 e. The minimum Gasteiger partial charge on any atom is -0.294 e. The van der Waals surface area contributed by atoms with Gasteiger partial charge in [-0.3, -0.25) is 4.90 Å². The molecule has 0 N–H and O–H groups in total. The van der Waals surface area contributed by atoms with E-state index in [0.717, 1.165) is 47.8 Å². The van der Waals surface area contributed by atoms with Crippen LogP contribution in [0.15, 0.2) is 66.2 Å². The third kappa shape index (κ3) is 3.40. The molecular formula is C26H22N4S. The number of benzene rings is 2. The highest BCUT2D eigenvalue weighted by atomic mass is 32.1. The number of aromatic nitrogens is 3. The van der Waals surface area contributed by atoms with Gasteiger partial charge in [-0.15, -0.1) is 11.3 Å².